The van der Waals surface area contributed by atoms with Gasteiger partial charge in [-0.05, 0) is 56.4 Å². The Kier molecular flexibility index (Phi) is 5.02. The van der Waals surface area contributed by atoms with Crippen LogP contribution in [0, 0.1) is 5.82 Å². The van der Waals surface area contributed by atoms with Crippen LogP contribution in [0.1, 0.15) is 50.3 Å². The molecule has 1 fully saturated rings. The Hall–Kier alpha value is -1.71. The molecular weight excluding hydrogens is 301 g/mol. The van der Waals surface area contributed by atoms with Crippen LogP contribution in [0.2, 0.25) is 0 Å². The molecule has 2 nitrogen and oxygen atoms in total. The lowest BCUT2D eigenvalue weighted by Crippen LogP contribution is -2.54. The molecule has 3 heteroatoms. The fourth-order valence-corrected chi connectivity index (χ4v) is 3.84. The van der Waals surface area contributed by atoms with E-state index in [-0.39, 0.29) is 17.4 Å². The molecule has 2 aromatic rings. The van der Waals surface area contributed by atoms with Gasteiger partial charge < -0.3 is 5.11 Å². The van der Waals surface area contributed by atoms with E-state index in [9.17, 15) is 9.50 Å². The van der Waals surface area contributed by atoms with Gasteiger partial charge in [-0.3, -0.25) is 4.90 Å². The third-order valence-electron chi connectivity index (χ3n) is 5.22. The van der Waals surface area contributed by atoms with E-state index < -0.39 is 6.10 Å². The Morgan fingerprint density at radius 1 is 1.17 bits per heavy atom. The number of aliphatic hydroxyl groups is 1. The van der Waals surface area contributed by atoms with Gasteiger partial charge in [-0.25, -0.2) is 4.39 Å². The summed E-state index contributed by atoms with van der Waals surface area (Å²) in [6.45, 7) is 5.27. The van der Waals surface area contributed by atoms with Gasteiger partial charge in [-0.2, -0.15) is 0 Å². The van der Waals surface area contributed by atoms with Gasteiger partial charge in [-0.15, -0.1) is 0 Å². The van der Waals surface area contributed by atoms with Gasteiger partial charge in [-0.1, -0.05) is 42.5 Å². The van der Waals surface area contributed by atoms with Crippen LogP contribution >= 0.6 is 0 Å². The molecular formula is C21H26FNO. The molecule has 0 spiro atoms. The SMILES string of the molecule is CC1(C)CCC[C@H](C(O)c2cccc(F)c2)N1Cc1ccccc1. The van der Waals surface area contributed by atoms with Crippen LogP contribution in [0.25, 0.3) is 0 Å². The quantitative estimate of drug-likeness (QED) is 0.880. The maximum atomic E-state index is 13.6. The van der Waals surface area contributed by atoms with E-state index in [4.69, 9.17) is 0 Å². The van der Waals surface area contributed by atoms with E-state index >= 15 is 0 Å². The highest BCUT2D eigenvalue weighted by atomic mass is 19.1. The molecule has 3 rings (SSSR count). The minimum absolute atomic E-state index is 0.00393. The van der Waals surface area contributed by atoms with Gasteiger partial charge in [0.2, 0.25) is 0 Å². The van der Waals surface area contributed by atoms with Gasteiger partial charge >= 0.3 is 0 Å². The molecule has 0 amide bonds. The van der Waals surface area contributed by atoms with E-state index in [1.807, 2.05) is 24.3 Å². The van der Waals surface area contributed by atoms with Crippen LogP contribution < -0.4 is 0 Å². The number of benzene rings is 2. The molecule has 1 aliphatic rings. The van der Waals surface area contributed by atoms with Crippen molar-refractivity contribution in [2.24, 2.45) is 0 Å². The Morgan fingerprint density at radius 3 is 2.62 bits per heavy atom. The lowest BCUT2D eigenvalue weighted by molar-refractivity contribution is -0.0474. The Bertz CT molecular complexity index is 671. The summed E-state index contributed by atoms with van der Waals surface area (Å²) in [5, 5.41) is 10.9. The summed E-state index contributed by atoms with van der Waals surface area (Å²) in [7, 11) is 0. The van der Waals surface area contributed by atoms with E-state index in [1.165, 1.54) is 17.7 Å². The van der Waals surface area contributed by atoms with E-state index in [2.05, 4.69) is 30.9 Å². The van der Waals surface area contributed by atoms with E-state index in [0.717, 1.165) is 25.8 Å². The van der Waals surface area contributed by atoms with Gasteiger partial charge in [0.05, 0.1) is 6.10 Å². The zero-order chi connectivity index (χ0) is 17.2. The van der Waals surface area contributed by atoms with Crippen LogP contribution in [0.3, 0.4) is 0 Å². The third kappa shape index (κ3) is 3.68. The zero-order valence-electron chi connectivity index (χ0n) is 14.5. The minimum atomic E-state index is -0.677. The highest BCUT2D eigenvalue weighted by molar-refractivity contribution is 5.22. The van der Waals surface area contributed by atoms with Crippen LogP contribution in [0.5, 0.6) is 0 Å². The molecule has 0 aromatic heterocycles. The highest BCUT2D eigenvalue weighted by Crippen LogP contribution is 2.38. The number of likely N-dealkylation sites (tertiary alicyclic amines) is 1. The second kappa shape index (κ2) is 7.04. The number of aliphatic hydroxyl groups excluding tert-OH is 1. The van der Waals surface area contributed by atoms with E-state index in [0.29, 0.717) is 5.56 Å². The summed E-state index contributed by atoms with van der Waals surface area (Å²) < 4.78 is 13.6. The van der Waals surface area contributed by atoms with Crippen molar-refractivity contribution in [1.82, 2.24) is 4.90 Å². The molecule has 0 saturated carbocycles. The van der Waals surface area contributed by atoms with Gasteiger partial charge in [0.25, 0.3) is 0 Å². The monoisotopic (exact) mass is 327 g/mol. The number of rotatable bonds is 4. The first-order valence-corrected chi connectivity index (χ1v) is 8.71. The molecule has 0 bridgehead atoms. The smallest absolute Gasteiger partial charge is 0.123 e. The lowest BCUT2D eigenvalue weighted by Gasteiger charge is -2.49. The first-order valence-electron chi connectivity index (χ1n) is 8.71. The molecule has 0 radical (unpaired) electrons. The minimum Gasteiger partial charge on any atom is -0.387 e. The molecule has 2 aromatic carbocycles. The molecule has 1 heterocycles. The van der Waals surface area contributed by atoms with Crippen molar-refractivity contribution in [2.45, 2.75) is 57.3 Å². The molecule has 0 aliphatic carbocycles. The summed E-state index contributed by atoms with van der Waals surface area (Å²) in [6.07, 6.45) is 2.43. The third-order valence-corrected chi connectivity index (χ3v) is 5.22. The van der Waals surface area contributed by atoms with Crippen LogP contribution in [0.15, 0.2) is 54.6 Å². The average molecular weight is 327 g/mol. The van der Waals surface area contributed by atoms with Crippen LogP contribution in [0.4, 0.5) is 4.39 Å². The molecule has 1 N–H and O–H groups in total. The second-order valence-electron chi connectivity index (χ2n) is 7.39. The normalized spacial score (nSPS) is 22.2. The van der Waals surface area contributed by atoms with E-state index in [1.54, 1.807) is 6.07 Å². The Balaban J connectivity index is 1.88. The number of piperidine rings is 1. The summed E-state index contributed by atoms with van der Waals surface area (Å²) in [4.78, 5) is 2.39. The van der Waals surface area contributed by atoms with Gasteiger partial charge in [0, 0.05) is 18.1 Å². The van der Waals surface area contributed by atoms with Crippen LogP contribution in [-0.4, -0.2) is 21.6 Å². The molecule has 1 unspecified atom stereocenters. The maximum absolute atomic E-state index is 13.6. The summed E-state index contributed by atoms with van der Waals surface area (Å²) in [5.41, 5.74) is 1.91. The van der Waals surface area contributed by atoms with Crippen molar-refractivity contribution in [2.75, 3.05) is 0 Å². The highest BCUT2D eigenvalue weighted by Gasteiger charge is 2.39. The number of nitrogens with zero attached hydrogens (tertiary/aromatic N) is 1. The van der Waals surface area contributed by atoms with Crippen molar-refractivity contribution in [1.29, 1.82) is 0 Å². The predicted molar refractivity (Wildman–Crippen MR) is 95.1 cm³/mol. The number of halogens is 1. The molecule has 128 valence electrons. The first-order chi connectivity index (χ1) is 11.5. The first kappa shape index (κ1) is 17.1. The molecule has 2 atom stereocenters. The number of hydrogen-bond acceptors (Lipinski definition) is 2. The fraction of sp³-hybridized carbons (Fsp3) is 0.429. The van der Waals surface area contributed by atoms with Gasteiger partial charge in [0.1, 0.15) is 5.82 Å². The van der Waals surface area contributed by atoms with Crippen molar-refractivity contribution >= 4 is 0 Å². The predicted octanol–water partition coefficient (Wildman–Crippen LogP) is 4.69. The molecule has 1 saturated heterocycles. The Labute approximate surface area is 143 Å². The second-order valence-corrected chi connectivity index (χ2v) is 7.39. The van der Waals surface area contributed by atoms with Crippen molar-refractivity contribution in [3.8, 4) is 0 Å². The van der Waals surface area contributed by atoms with Crippen LogP contribution in [-0.2, 0) is 6.54 Å². The van der Waals surface area contributed by atoms with Gasteiger partial charge in [0.15, 0.2) is 0 Å². The molecule has 24 heavy (non-hydrogen) atoms. The number of hydrogen-bond donors (Lipinski definition) is 1. The summed E-state index contributed by atoms with van der Waals surface area (Å²) in [5.74, 6) is -0.295. The fourth-order valence-electron chi connectivity index (χ4n) is 3.84. The molecule has 1 aliphatic heterocycles. The lowest BCUT2D eigenvalue weighted by atomic mass is 9.82. The average Bonchev–Trinajstić information content (AvgIpc) is 2.57. The van der Waals surface area contributed by atoms with Crippen molar-refractivity contribution < 1.29 is 9.50 Å². The van der Waals surface area contributed by atoms with Crippen molar-refractivity contribution in [3.05, 3.63) is 71.5 Å². The topological polar surface area (TPSA) is 23.5 Å². The largest absolute Gasteiger partial charge is 0.387 e. The maximum Gasteiger partial charge on any atom is 0.123 e. The standard InChI is InChI=1S/C21H26FNO/c1-21(2)13-7-12-19(20(24)17-10-6-11-18(22)14-17)23(21)15-16-8-4-3-5-9-16/h3-6,8-11,14,19-20,24H,7,12-13,15H2,1-2H3/t19-,20?/m1/s1. The van der Waals surface area contributed by atoms with Crippen molar-refractivity contribution in [3.63, 3.8) is 0 Å². The summed E-state index contributed by atoms with van der Waals surface area (Å²) >= 11 is 0. The zero-order valence-corrected chi connectivity index (χ0v) is 14.5. The summed E-state index contributed by atoms with van der Waals surface area (Å²) in [6, 6.07) is 16.7. The Morgan fingerprint density at radius 2 is 1.92 bits per heavy atom.